The Morgan fingerprint density at radius 3 is 2.69 bits per heavy atom. The van der Waals surface area contributed by atoms with E-state index in [2.05, 4.69) is 31.1 Å². The van der Waals surface area contributed by atoms with Crippen LogP contribution in [-0.2, 0) is 16.6 Å². The monoisotopic (exact) mass is 243 g/mol. The summed E-state index contributed by atoms with van der Waals surface area (Å²) in [6.07, 6.45) is 0.139. The van der Waals surface area contributed by atoms with Crippen LogP contribution in [0.3, 0.4) is 0 Å². The maximum Gasteiger partial charge on any atom is 0.0955 e. The molecular formula is C12H21NO2S. The van der Waals surface area contributed by atoms with Gasteiger partial charge in [0.1, 0.15) is 0 Å². The van der Waals surface area contributed by atoms with Gasteiger partial charge < -0.3 is 9.84 Å². The van der Waals surface area contributed by atoms with E-state index in [0.717, 1.165) is 10.7 Å². The predicted molar refractivity (Wildman–Crippen MR) is 67.0 cm³/mol. The first-order valence-corrected chi connectivity index (χ1v) is 6.52. The number of hydrogen-bond donors (Lipinski definition) is 1. The minimum Gasteiger partial charge on any atom is -0.390 e. The van der Waals surface area contributed by atoms with Crippen LogP contribution in [0.15, 0.2) is 5.38 Å². The standard InChI is InChI=1S/C12H21NO2S/c1-5-15-7-9(14)6-11-13-10(8-16-11)12(2,3)4/h8-9,14H,5-7H2,1-4H3. The van der Waals surface area contributed by atoms with Crippen molar-refractivity contribution in [2.75, 3.05) is 13.2 Å². The summed E-state index contributed by atoms with van der Waals surface area (Å²) in [4.78, 5) is 4.53. The fourth-order valence-electron chi connectivity index (χ4n) is 1.26. The molecule has 1 unspecified atom stereocenters. The topological polar surface area (TPSA) is 42.4 Å². The molecule has 0 spiro atoms. The van der Waals surface area contributed by atoms with Gasteiger partial charge in [-0.25, -0.2) is 4.98 Å². The molecule has 0 amide bonds. The van der Waals surface area contributed by atoms with E-state index in [0.29, 0.717) is 19.6 Å². The van der Waals surface area contributed by atoms with E-state index in [-0.39, 0.29) is 5.41 Å². The summed E-state index contributed by atoms with van der Waals surface area (Å²) in [6.45, 7) is 9.38. The first-order chi connectivity index (χ1) is 7.43. The minimum absolute atomic E-state index is 0.0830. The summed E-state index contributed by atoms with van der Waals surface area (Å²) in [5, 5.41) is 12.7. The maximum absolute atomic E-state index is 9.69. The molecule has 0 aliphatic carbocycles. The molecule has 1 atom stereocenters. The average molecular weight is 243 g/mol. The number of nitrogens with zero attached hydrogens (tertiary/aromatic N) is 1. The molecule has 0 radical (unpaired) electrons. The molecule has 16 heavy (non-hydrogen) atoms. The molecule has 0 aromatic carbocycles. The van der Waals surface area contributed by atoms with Gasteiger partial charge in [0.05, 0.1) is 23.4 Å². The lowest BCUT2D eigenvalue weighted by atomic mass is 9.93. The Bertz CT molecular complexity index is 317. The molecule has 1 heterocycles. The molecule has 0 fully saturated rings. The number of ether oxygens (including phenoxy) is 1. The van der Waals surface area contributed by atoms with Crippen LogP contribution in [0.5, 0.6) is 0 Å². The van der Waals surface area contributed by atoms with E-state index in [9.17, 15) is 5.11 Å². The van der Waals surface area contributed by atoms with Crippen LogP contribution in [0.4, 0.5) is 0 Å². The molecular weight excluding hydrogens is 222 g/mol. The Balaban J connectivity index is 2.52. The van der Waals surface area contributed by atoms with E-state index >= 15 is 0 Å². The molecule has 1 N–H and O–H groups in total. The molecule has 1 rings (SSSR count). The van der Waals surface area contributed by atoms with Crippen LogP contribution in [0, 0.1) is 0 Å². The summed E-state index contributed by atoms with van der Waals surface area (Å²) in [5.74, 6) is 0. The van der Waals surface area contributed by atoms with E-state index < -0.39 is 6.10 Å². The molecule has 0 bridgehead atoms. The highest BCUT2D eigenvalue weighted by molar-refractivity contribution is 7.09. The first kappa shape index (κ1) is 13.6. The highest BCUT2D eigenvalue weighted by Crippen LogP contribution is 2.24. The lowest BCUT2D eigenvalue weighted by Crippen LogP contribution is -2.18. The van der Waals surface area contributed by atoms with Gasteiger partial charge in [0.25, 0.3) is 0 Å². The van der Waals surface area contributed by atoms with Crippen molar-refractivity contribution in [3.8, 4) is 0 Å². The van der Waals surface area contributed by atoms with Crippen LogP contribution in [0.1, 0.15) is 38.4 Å². The summed E-state index contributed by atoms with van der Waals surface area (Å²) in [5.41, 5.74) is 1.18. The second-order valence-corrected chi connectivity index (χ2v) is 5.84. The van der Waals surface area contributed by atoms with Crippen molar-refractivity contribution in [2.24, 2.45) is 0 Å². The minimum atomic E-state index is -0.445. The lowest BCUT2D eigenvalue weighted by molar-refractivity contribution is 0.0429. The first-order valence-electron chi connectivity index (χ1n) is 5.64. The SMILES string of the molecule is CCOCC(O)Cc1nc(C(C)(C)C)cs1. The van der Waals surface area contributed by atoms with Gasteiger partial charge in [-0.2, -0.15) is 0 Å². The van der Waals surface area contributed by atoms with Gasteiger partial charge in [0, 0.05) is 23.8 Å². The molecule has 92 valence electrons. The number of hydrogen-bond acceptors (Lipinski definition) is 4. The van der Waals surface area contributed by atoms with E-state index in [1.165, 1.54) is 0 Å². The lowest BCUT2D eigenvalue weighted by Gasteiger charge is -2.14. The van der Waals surface area contributed by atoms with Crippen LogP contribution >= 0.6 is 11.3 Å². The third kappa shape index (κ3) is 4.20. The Hall–Kier alpha value is -0.450. The highest BCUT2D eigenvalue weighted by Gasteiger charge is 2.18. The third-order valence-electron chi connectivity index (χ3n) is 2.24. The van der Waals surface area contributed by atoms with Crippen LogP contribution in [-0.4, -0.2) is 29.4 Å². The molecule has 1 aromatic rings. The van der Waals surface area contributed by atoms with Crippen molar-refractivity contribution < 1.29 is 9.84 Å². The third-order valence-corrected chi connectivity index (χ3v) is 3.12. The zero-order chi connectivity index (χ0) is 12.2. The van der Waals surface area contributed by atoms with E-state index in [1.807, 2.05) is 6.92 Å². The second kappa shape index (κ2) is 5.75. The number of rotatable bonds is 5. The van der Waals surface area contributed by atoms with Crippen LogP contribution in [0.25, 0.3) is 0 Å². The normalized spacial score (nSPS) is 14.1. The molecule has 4 heteroatoms. The largest absolute Gasteiger partial charge is 0.390 e. The van der Waals surface area contributed by atoms with Gasteiger partial charge in [-0.15, -0.1) is 11.3 Å². The van der Waals surface area contributed by atoms with Crippen LogP contribution in [0.2, 0.25) is 0 Å². The van der Waals surface area contributed by atoms with Crippen molar-refractivity contribution in [2.45, 2.75) is 45.6 Å². The van der Waals surface area contributed by atoms with Gasteiger partial charge in [-0.1, -0.05) is 20.8 Å². The van der Waals surface area contributed by atoms with Crippen molar-refractivity contribution in [3.63, 3.8) is 0 Å². The number of aromatic nitrogens is 1. The van der Waals surface area contributed by atoms with Gasteiger partial charge >= 0.3 is 0 Å². The fourth-order valence-corrected chi connectivity index (χ4v) is 2.36. The number of thiazole rings is 1. The quantitative estimate of drug-likeness (QED) is 0.863. The predicted octanol–water partition coefficient (Wildman–Crippen LogP) is 2.38. The average Bonchev–Trinajstić information content (AvgIpc) is 2.62. The van der Waals surface area contributed by atoms with E-state index in [1.54, 1.807) is 11.3 Å². The molecule has 0 saturated carbocycles. The van der Waals surface area contributed by atoms with Gasteiger partial charge in [-0.3, -0.25) is 0 Å². The summed E-state index contributed by atoms with van der Waals surface area (Å²) < 4.78 is 5.17. The zero-order valence-electron chi connectivity index (χ0n) is 10.5. The van der Waals surface area contributed by atoms with Crippen molar-refractivity contribution in [3.05, 3.63) is 16.1 Å². The smallest absolute Gasteiger partial charge is 0.0955 e. The van der Waals surface area contributed by atoms with Gasteiger partial charge in [0.2, 0.25) is 0 Å². The number of aliphatic hydroxyl groups excluding tert-OH is 1. The maximum atomic E-state index is 9.69. The Kier molecular flexibility index (Phi) is 4.89. The van der Waals surface area contributed by atoms with Gasteiger partial charge in [-0.05, 0) is 6.92 Å². The molecule has 1 aromatic heterocycles. The van der Waals surface area contributed by atoms with E-state index in [4.69, 9.17) is 4.74 Å². The summed E-state index contributed by atoms with van der Waals surface area (Å²) >= 11 is 1.61. The summed E-state index contributed by atoms with van der Waals surface area (Å²) in [7, 11) is 0. The van der Waals surface area contributed by atoms with Gasteiger partial charge in [0.15, 0.2) is 0 Å². The number of aliphatic hydroxyl groups is 1. The Morgan fingerprint density at radius 1 is 1.50 bits per heavy atom. The van der Waals surface area contributed by atoms with Crippen molar-refractivity contribution >= 4 is 11.3 Å². The molecule has 3 nitrogen and oxygen atoms in total. The molecule has 0 aliphatic rings. The van der Waals surface area contributed by atoms with Crippen molar-refractivity contribution in [1.82, 2.24) is 4.98 Å². The zero-order valence-corrected chi connectivity index (χ0v) is 11.3. The van der Waals surface area contributed by atoms with Crippen molar-refractivity contribution in [1.29, 1.82) is 0 Å². The molecule has 0 aliphatic heterocycles. The fraction of sp³-hybridized carbons (Fsp3) is 0.750. The second-order valence-electron chi connectivity index (χ2n) is 4.89. The Morgan fingerprint density at radius 2 is 2.19 bits per heavy atom. The Labute approximate surface area is 101 Å². The van der Waals surface area contributed by atoms with Crippen LogP contribution < -0.4 is 0 Å². The highest BCUT2D eigenvalue weighted by atomic mass is 32.1. The summed E-state index contributed by atoms with van der Waals surface area (Å²) in [6, 6.07) is 0. The molecule has 0 saturated heterocycles.